The van der Waals surface area contributed by atoms with Gasteiger partial charge in [0, 0.05) is 6.61 Å². The van der Waals surface area contributed by atoms with Crippen LogP contribution in [0.4, 0.5) is 0 Å². The Morgan fingerprint density at radius 2 is 1.82 bits per heavy atom. The minimum absolute atomic E-state index is 0.398. The van der Waals surface area contributed by atoms with Crippen molar-refractivity contribution in [1.82, 2.24) is 0 Å². The van der Waals surface area contributed by atoms with Gasteiger partial charge in [0.2, 0.25) is 0 Å². The summed E-state index contributed by atoms with van der Waals surface area (Å²) < 4.78 is 5.57. The Kier molecular flexibility index (Phi) is 7.18. The largest absolute Gasteiger partial charge is 0.378 e. The first-order valence-corrected chi connectivity index (χ1v) is 5.04. The number of hydrogen-bond donors (Lipinski definition) is 1. The summed E-state index contributed by atoms with van der Waals surface area (Å²) in [4.78, 5) is 0. The van der Waals surface area contributed by atoms with Gasteiger partial charge in [-0.1, -0.05) is 13.8 Å². The minimum atomic E-state index is 0.398. The van der Waals surface area contributed by atoms with Crippen LogP contribution in [-0.2, 0) is 4.74 Å². The van der Waals surface area contributed by atoms with Gasteiger partial charge < -0.3 is 4.74 Å². The van der Waals surface area contributed by atoms with E-state index >= 15 is 0 Å². The van der Waals surface area contributed by atoms with Crippen molar-refractivity contribution in [2.24, 2.45) is 5.92 Å². The predicted molar refractivity (Wildman–Crippen MR) is 53.3 cm³/mol. The summed E-state index contributed by atoms with van der Waals surface area (Å²) in [6.07, 6.45) is 2.70. The first-order valence-electron chi connectivity index (χ1n) is 4.41. The van der Waals surface area contributed by atoms with Crippen LogP contribution < -0.4 is 0 Å². The molecule has 0 saturated heterocycles. The molecule has 0 amide bonds. The molecular formula is C9H20OS. The van der Waals surface area contributed by atoms with Gasteiger partial charge in [0.05, 0.1) is 6.10 Å². The molecule has 11 heavy (non-hydrogen) atoms. The van der Waals surface area contributed by atoms with Crippen molar-refractivity contribution in [3.63, 3.8) is 0 Å². The molecule has 0 rings (SSSR count). The quantitative estimate of drug-likeness (QED) is 0.483. The van der Waals surface area contributed by atoms with Crippen molar-refractivity contribution in [2.75, 3.05) is 12.4 Å². The first-order chi connectivity index (χ1) is 5.18. The second kappa shape index (κ2) is 6.99. The standard InChI is InChI=1S/C9H20OS/c1-8(2)9(3)10-6-4-5-7-11/h8-9,11H,4-7H2,1-3H3. The number of ether oxygens (including phenoxy) is 1. The SMILES string of the molecule is CC(C)C(C)OCCCCS. The van der Waals surface area contributed by atoms with Crippen molar-refractivity contribution < 1.29 is 4.74 Å². The first kappa shape index (κ1) is 11.3. The summed E-state index contributed by atoms with van der Waals surface area (Å²) in [7, 11) is 0. The van der Waals surface area contributed by atoms with Crippen molar-refractivity contribution in [3.8, 4) is 0 Å². The summed E-state index contributed by atoms with van der Waals surface area (Å²) in [6, 6.07) is 0. The molecule has 1 nitrogen and oxygen atoms in total. The average molecular weight is 176 g/mol. The third-order valence-corrected chi connectivity index (χ3v) is 2.19. The molecule has 1 unspecified atom stereocenters. The van der Waals surface area contributed by atoms with E-state index in [9.17, 15) is 0 Å². The Morgan fingerprint density at radius 3 is 2.27 bits per heavy atom. The van der Waals surface area contributed by atoms with Crippen molar-refractivity contribution >= 4 is 12.6 Å². The molecule has 68 valence electrons. The fourth-order valence-electron chi connectivity index (χ4n) is 0.676. The van der Waals surface area contributed by atoms with Crippen LogP contribution in [0.2, 0.25) is 0 Å². The van der Waals surface area contributed by atoms with Crippen LogP contribution in [0.15, 0.2) is 0 Å². The lowest BCUT2D eigenvalue weighted by atomic mass is 10.1. The van der Waals surface area contributed by atoms with Crippen molar-refractivity contribution in [2.45, 2.75) is 39.7 Å². The van der Waals surface area contributed by atoms with Gasteiger partial charge in [-0.2, -0.15) is 12.6 Å². The van der Waals surface area contributed by atoms with Crippen LogP contribution in [0.3, 0.4) is 0 Å². The highest BCUT2D eigenvalue weighted by atomic mass is 32.1. The Hall–Kier alpha value is 0.310. The Bertz CT molecular complexity index is 83.6. The lowest BCUT2D eigenvalue weighted by molar-refractivity contribution is 0.0340. The van der Waals surface area contributed by atoms with Gasteiger partial charge in [-0.25, -0.2) is 0 Å². The Labute approximate surface area is 75.9 Å². The minimum Gasteiger partial charge on any atom is -0.378 e. The monoisotopic (exact) mass is 176 g/mol. The van der Waals surface area contributed by atoms with Gasteiger partial charge in [-0.05, 0) is 31.4 Å². The van der Waals surface area contributed by atoms with Gasteiger partial charge in [0.25, 0.3) is 0 Å². The normalized spacial score (nSPS) is 13.9. The molecule has 0 spiro atoms. The molecule has 0 fully saturated rings. The van der Waals surface area contributed by atoms with Crippen LogP contribution in [0.25, 0.3) is 0 Å². The summed E-state index contributed by atoms with van der Waals surface area (Å²) in [6.45, 7) is 7.39. The van der Waals surface area contributed by atoms with Crippen LogP contribution in [-0.4, -0.2) is 18.5 Å². The molecule has 2 heteroatoms. The van der Waals surface area contributed by atoms with E-state index in [2.05, 4.69) is 33.4 Å². The molecular weight excluding hydrogens is 156 g/mol. The van der Waals surface area contributed by atoms with Gasteiger partial charge in [-0.3, -0.25) is 0 Å². The van der Waals surface area contributed by atoms with Gasteiger partial charge in [0.1, 0.15) is 0 Å². The molecule has 0 saturated carbocycles. The Morgan fingerprint density at radius 1 is 1.18 bits per heavy atom. The van der Waals surface area contributed by atoms with Crippen LogP contribution in [0, 0.1) is 5.92 Å². The summed E-state index contributed by atoms with van der Waals surface area (Å²) in [5.41, 5.74) is 0. The van der Waals surface area contributed by atoms with E-state index in [-0.39, 0.29) is 0 Å². The van der Waals surface area contributed by atoms with Crippen LogP contribution in [0.5, 0.6) is 0 Å². The lowest BCUT2D eigenvalue weighted by Crippen LogP contribution is -2.15. The Balaban J connectivity index is 3.10. The number of unbranched alkanes of at least 4 members (excludes halogenated alkanes) is 1. The molecule has 0 aromatic heterocycles. The highest BCUT2D eigenvalue weighted by Crippen LogP contribution is 2.05. The van der Waals surface area contributed by atoms with E-state index < -0.39 is 0 Å². The van der Waals surface area contributed by atoms with E-state index in [1.165, 1.54) is 0 Å². The maximum atomic E-state index is 5.57. The van der Waals surface area contributed by atoms with Gasteiger partial charge in [0.15, 0.2) is 0 Å². The number of hydrogen-bond acceptors (Lipinski definition) is 2. The zero-order chi connectivity index (χ0) is 8.69. The molecule has 0 radical (unpaired) electrons. The highest BCUT2D eigenvalue weighted by molar-refractivity contribution is 7.80. The molecule has 0 aromatic rings. The second-order valence-electron chi connectivity index (χ2n) is 3.25. The van der Waals surface area contributed by atoms with Gasteiger partial charge in [-0.15, -0.1) is 0 Å². The molecule has 0 aliphatic rings. The molecule has 1 atom stereocenters. The van der Waals surface area contributed by atoms with Crippen molar-refractivity contribution in [1.29, 1.82) is 0 Å². The molecule has 0 N–H and O–H groups in total. The number of rotatable bonds is 6. The lowest BCUT2D eigenvalue weighted by Gasteiger charge is -2.15. The predicted octanol–water partition coefficient (Wildman–Crippen LogP) is 2.76. The summed E-state index contributed by atoms with van der Waals surface area (Å²) >= 11 is 4.13. The maximum absolute atomic E-state index is 5.57. The zero-order valence-corrected chi connectivity index (χ0v) is 8.73. The average Bonchev–Trinajstić information content (AvgIpc) is 1.97. The van der Waals surface area contributed by atoms with Crippen molar-refractivity contribution in [3.05, 3.63) is 0 Å². The second-order valence-corrected chi connectivity index (χ2v) is 3.70. The van der Waals surface area contributed by atoms with E-state index in [0.29, 0.717) is 12.0 Å². The van der Waals surface area contributed by atoms with Crippen LogP contribution >= 0.6 is 12.6 Å². The smallest absolute Gasteiger partial charge is 0.0569 e. The van der Waals surface area contributed by atoms with E-state index in [1.807, 2.05) is 0 Å². The third kappa shape index (κ3) is 6.70. The highest BCUT2D eigenvalue weighted by Gasteiger charge is 2.05. The van der Waals surface area contributed by atoms with E-state index in [4.69, 9.17) is 4.74 Å². The fraction of sp³-hybridized carbons (Fsp3) is 1.00. The molecule has 0 aromatic carbocycles. The molecule has 0 bridgehead atoms. The molecule has 0 aliphatic carbocycles. The van der Waals surface area contributed by atoms with E-state index in [1.54, 1.807) is 0 Å². The zero-order valence-electron chi connectivity index (χ0n) is 7.84. The summed E-state index contributed by atoms with van der Waals surface area (Å²) in [5, 5.41) is 0. The van der Waals surface area contributed by atoms with E-state index in [0.717, 1.165) is 25.2 Å². The topological polar surface area (TPSA) is 9.23 Å². The van der Waals surface area contributed by atoms with Gasteiger partial charge >= 0.3 is 0 Å². The fourth-order valence-corrected chi connectivity index (χ4v) is 0.899. The molecule has 0 aliphatic heterocycles. The third-order valence-electron chi connectivity index (χ3n) is 1.87. The summed E-state index contributed by atoms with van der Waals surface area (Å²) in [5.74, 6) is 1.60. The van der Waals surface area contributed by atoms with Crippen LogP contribution in [0.1, 0.15) is 33.6 Å². The molecule has 0 heterocycles. The number of thiol groups is 1. The maximum Gasteiger partial charge on any atom is 0.0569 e.